The summed E-state index contributed by atoms with van der Waals surface area (Å²) in [7, 11) is 0. The van der Waals surface area contributed by atoms with Crippen LogP contribution in [0.4, 0.5) is 10.1 Å². The number of hydrogen-bond donors (Lipinski definition) is 2. The third-order valence-corrected chi connectivity index (χ3v) is 2.60. The van der Waals surface area contributed by atoms with Gasteiger partial charge in [-0.05, 0) is 25.5 Å². The molecule has 4 nitrogen and oxygen atoms in total. The van der Waals surface area contributed by atoms with E-state index in [1.165, 1.54) is 18.3 Å². The second kappa shape index (κ2) is 7.17. The second-order valence-electron chi connectivity index (χ2n) is 4.08. The van der Waals surface area contributed by atoms with Crippen LogP contribution in [-0.2, 0) is 4.79 Å². The van der Waals surface area contributed by atoms with E-state index in [0.717, 1.165) is 6.42 Å². The quantitative estimate of drug-likeness (QED) is 0.632. The van der Waals surface area contributed by atoms with Crippen LogP contribution in [0.1, 0.15) is 20.3 Å². The van der Waals surface area contributed by atoms with E-state index in [1.54, 1.807) is 18.2 Å². The standard InChI is InChI=1S/C14H16FN3O/c1-3-10(2)18-14(19)11(8-16)9-17-13-7-5-4-6-12(13)15/h4-7,9-10,17H,3H2,1-2H3,(H,18,19)/b11-9-. The molecule has 0 aromatic heterocycles. The minimum atomic E-state index is -0.472. The van der Waals surface area contributed by atoms with Crippen LogP contribution in [0.5, 0.6) is 0 Å². The molecule has 1 atom stereocenters. The van der Waals surface area contributed by atoms with Crippen molar-refractivity contribution in [3.8, 4) is 6.07 Å². The maximum atomic E-state index is 13.3. The van der Waals surface area contributed by atoms with Gasteiger partial charge in [-0.2, -0.15) is 5.26 Å². The Morgan fingerprint density at radius 1 is 1.53 bits per heavy atom. The highest BCUT2D eigenvalue weighted by molar-refractivity contribution is 5.97. The molecule has 1 aromatic carbocycles. The number of rotatable bonds is 5. The first-order valence-electron chi connectivity index (χ1n) is 6.00. The number of hydrogen-bond acceptors (Lipinski definition) is 3. The Labute approximate surface area is 111 Å². The maximum absolute atomic E-state index is 13.3. The lowest BCUT2D eigenvalue weighted by Crippen LogP contribution is -2.33. The molecule has 0 aliphatic heterocycles. The number of nitrogens with zero attached hydrogens (tertiary/aromatic N) is 1. The SMILES string of the molecule is CCC(C)NC(=O)/C(C#N)=C\Nc1ccccc1F. The zero-order chi connectivity index (χ0) is 14.3. The molecule has 1 aromatic rings. The fraction of sp³-hybridized carbons (Fsp3) is 0.286. The molecule has 100 valence electrons. The van der Waals surface area contributed by atoms with E-state index in [9.17, 15) is 9.18 Å². The molecule has 0 heterocycles. The van der Waals surface area contributed by atoms with Crippen molar-refractivity contribution in [2.24, 2.45) is 0 Å². The average Bonchev–Trinajstić information content (AvgIpc) is 2.41. The van der Waals surface area contributed by atoms with Crippen LogP contribution in [0, 0.1) is 17.1 Å². The molecule has 0 aliphatic rings. The van der Waals surface area contributed by atoms with Crippen molar-refractivity contribution in [2.75, 3.05) is 5.32 Å². The number of nitrogens with one attached hydrogen (secondary N) is 2. The summed E-state index contributed by atoms with van der Waals surface area (Å²) in [6.45, 7) is 3.77. The normalized spacial score (nSPS) is 12.4. The van der Waals surface area contributed by atoms with Crippen molar-refractivity contribution in [1.29, 1.82) is 5.26 Å². The summed E-state index contributed by atoms with van der Waals surface area (Å²) < 4.78 is 13.3. The molecule has 0 spiro atoms. The van der Waals surface area contributed by atoms with Gasteiger partial charge in [0, 0.05) is 12.2 Å². The number of amides is 1. The molecule has 0 radical (unpaired) electrons. The second-order valence-corrected chi connectivity index (χ2v) is 4.08. The first-order valence-corrected chi connectivity index (χ1v) is 6.00. The molecular weight excluding hydrogens is 245 g/mol. The molecule has 2 N–H and O–H groups in total. The number of carbonyl (C=O) groups is 1. The summed E-state index contributed by atoms with van der Waals surface area (Å²) in [5.41, 5.74) is 0.121. The number of anilines is 1. The van der Waals surface area contributed by atoms with Gasteiger partial charge in [0.25, 0.3) is 5.91 Å². The van der Waals surface area contributed by atoms with Gasteiger partial charge in [0.15, 0.2) is 0 Å². The van der Waals surface area contributed by atoms with Crippen molar-refractivity contribution < 1.29 is 9.18 Å². The maximum Gasteiger partial charge on any atom is 0.263 e. The lowest BCUT2D eigenvalue weighted by atomic mass is 10.2. The largest absolute Gasteiger partial charge is 0.358 e. The van der Waals surface area contributed by atoms with Gasteiger partial charge >= 0.3 is 0 Å². The number of benzene rings is 1. The van der Waals surface area contributed by atoms with Crippen LogP contribution in [0.15, 0.2) is 36.0 Å². The summed E-state index contributed by atoms with van der Waals surface area (Å²) in [6, 6.07) is 7.80. The molecule has 0 bridgehead atoms. The van der Waals surface area contributed by atoms with Gasteiger partial charge in [0.1, 0.15) is 17.5 Å². The first-order chi connectivity index (χ1) is 9.08. The Kier molecular flexibility index (Phi) is 5.55. The monoisotopic (exact) mass is 261 g/mol. The summed E-state index contributed by atoms with van der Waals surface area (Å²) in [5.74, 6) is -0.918. The number of halogens is 1. The summed E-state index contributed by atoms with van der Waals surface area (Å²) >= 11 is 0. The third kappa shape index (κ3) is 4.43. The molecule has 1 amide bonds. The van der Waals surface area contributed by atoms with Gasteiger partial charge in [0.05, 0.1) is 5.69 Å². The molecule has 1 rings (SSSR count). The lowest BCUT2D eigenvalue weighted by molar-refractivity contribution is -0.117. The van der Waals surface area contributed by atoms with E-state index in [0.29, 0.717) is 0 Å². The van der Waals surface area contributed by atoms with Crippen LogP contribution in [0.3, 0.4) is 0 Å². The van der Waals surface area contributed by atoms with E-state index in [2.05, 4.69) is 10.6 Å². The van der Waals surface area contributed by atoms with Crippen molar-refractivity contribution in [3.05, 3.63) is 41.9 Å². The summed E-state index contributed by atoms with van der Waals surface area (Å²) in [4.78, 5) is 11.7. The highest BCUT2D eigenvalue weighted by Crippen LogP contribution is 2.12. The van der Waals surface area contributed by atoms with Crippen LogP contribution >= 0.6 is 0 Å². The molecule has 0 saturated heterocycles. The Morgan fingerprint density at radius 2 is 2.21 bits per heavy atom. The lowest BCUT2D eigenvalue weighted by Gasteiger charge is -2.10. The van der Waals surface area contributed by atoms with Gasteiger partial charge < -0.3 is 10.6 Å². The van der Waals surface area contributed by atoms with E-state index < -0.39 is 11.7 Å². The van der Waals surface area contributed by atoms with Crippen LogP contribution in [0.25, 0.3) is 0 Å². The Hall–Kier alpha value is -2.35. The Balaban J connectivity index is 2.76. The van der Waals surface area contributed by atoms with Crippen molar-refractivity contribution in [1.82, 2.24) is 5.32 Å². The van der Waals surface area contributed by atoms with Gasteiger partial charge in [0.2, 0.25) is 0 Å². The van der Waals surface area contributed by atoms with Gasteiger partial charge in [-0.15, -0.1) is 0 Å². The third-order valence-electron chi connectivity index (χ3n) is 2.60. The minimum Gasteiger partial charge on any atom is -0.358 e. The predicted molar refractivity (Wildman–Crippen MR) is 71.6 cm³/mol. The van der Waals surface area contributed by atoms with Crippen LogP contribution < -0.4 is 10.6 Å². The molecule has 5 heteroatoms. The minimum absolute atomic E-state index is 0.0160. The van der Waals surface area contributed by atoms with E-state index in [-0.39, 0.29) is 17.3 Å². The fourth-order valence-electron chi connectivity index (χ4n) is 1.28. The number of carbonyl (C=O) groups excluding carboxylic acids is 1. The molecule has 1 unspecified atom stereocenters. The van der Waals surface area contributed by atoms with Crippen LogP contribution in [0.2, 0.25) is 0 Å². The molecule has 0 fully saturated rings. The van der Waals surface area contributed by atoms with Gasteiger partial charge in [-0.3, -0.25) is 4.79 Å². The van der Waals surface area contributed by atoms with E-state index in [1.807, 2.05) is 13.8 Å². The smallest absolute Gasteiger partial charge is 0.263 e. The zero-order valence-electron chi connectivity index (χ0n) is 10.9. The molecule has 0 saturated carbocycles. The highest BCUT2D eigenvalue weighted by Gasteiger charge is 2.11. The number of para-hydroxylation sites is 1. The van der Waals surface area contributed by atoms with Crippen molar-refractivity contribution in [3.63, 3.8) is 0 Å². The summed E-state index contributed by atoms with van der Waals surface area (Å²) in [5, 5.41) is 14.2. The Bertz CT molecular complexity index is 520. The Morgan fingerprint density at radius 3 is 2.79 bits per heavy atom. The topological polar surface area (TPSA) is 64.9 Å². The zero-order valence-corrected chi connectivity index (χ0v) is 10.9. The van der Waals surface area contributed by atoms with E-state index >= 15 is 0 Å². The average molecular weight is 261 g/mol. The summed E-state index contributed by atoms with van der Waals surface area (Å²) in [6.07, 6.45) is 1.97. The number of nitriles is 1. The first kappa shape index (κ1) is 14.7. The van der Waals surface area contributed by atoms with Crippen LogP contribution in [-0.4, -0.2) is 11.9 Å². The van der Waals surface area contributed by atoms with E-state index in [4.69, 9.17) is 5.26 Å². The molecular formula is C14H16FN3O. The van der Waals surface area contributed by atoms with Crippen molar-refractivity contribution in [2.45, 2.75) is 26.3 Å². The fourth-order valence-corrected chi connectivity index (χ4v) is 1.28. The van der Waals surface area contributed by atoms with Crippen molar-refractivity contribution >= 4 is 11.6 Å². The highest BCUT2D eigenvalue weighted by atomic mass is 19.1. The predicted octanol–water partition coefficient (Wildman–Crippen LogP) is 2.56. The molecule has 0 aliphatic carbocycles. The van der Waals surface area contributed by atoms with Gasteiger partial charge in [-0.1, -0.05) is 19.1 Å². The molecule has 19 heavy (non-hydrogen) atoms. The van der Waals surface area contributed by atoms with Gasteiger partial charge in [-0.25, -0.2) is 4.39 Å².